The number of nitrogens with one attached hydrogen (secondary N) is 1. The molecule has 9 heteroatoms. The molecule has 0 bridgehead atoms. The van der Waals surface area contributed by atoms with Crippen LogP contribution < -0.4 is 9.62 Å². The Morgan fingerprint density at radius 1 is 0.943 bits per heavy atom. The number of para-hydroxylation sites is 1. The Morgan fingerprint density at radius 2 is 1.54 bits per heavy atom. The lowest BCUT2D eigenvalue weighted by molar-refractivity contribution is -0.139. The summed E-state index contributed by atoms with van der Waals surface area (Å²) in [5.41, 5.74) is 1.63. The van der Waals surface area contributed by atoms with Crippen LogP contribution in [-0.2, 0) is 26.2 Å². The topological polar surface area (TPSA) is 86.8 Å². The minimum atomic E-state index is -4.10. The number of sulfonamides is 1. The zero-order valence-corrected chi connectivity index (χ0v) is 20.6. The number of aryl methyl sites for hydroxylation is 1. The van der Waals surface area contributed by atoms with Crippen molar-refractivity contribution in [1.82, 2.24) is 10.2 Å². The summed E-state index contributed by atoms with van der Waals surface area (Å²) in [6.45, 7) is 2.80. The molecule has 3 aromatic rings. The maximum Gasteiger partial charge on any atom is 0.264 e. The average Bonchev–Trinajstić information content (AvgIpc) is 2.86. The third-order valence-electron chi connectivity index (χ3n) is 5.67. The molecule has 184 valence electrons. The summed E-state index contributed by atoms with van der Waals surface area (Å²) >= 11 is 0. The van der Waals surface area contributed by atoms with Crippen molar-refractivity contribution in [1.29, 1.82) is 0 Å². The Bertz CT molecular complexity index is 1280. The third-order valence-corrected chi connectivity index (χ3v) is 7.45. The standard InChI is InChI=1S/C26H28FN3O4S/c1-19-9-7-8-12-24(19)30(35(33,34)23-10-5-4-6-11-23)18-25(31)29(20(2)26(32)28-3)17-21-13-15-22(27)16-14-21/h4-16,20H,17-18H2,1-3H3,(H,28,32)/t20-/m1/s1. The summed E-state index contributed by atoms with van der Waals surface area (Å²) in [7, 11) is -2.64. The highest BCUT2D eigenvalue weighted by atomic mass is 32.2. The number of carbonyl (C=O) groups is 2. The molecule has 1 N–H and O–H groups in total. The number of anilines is 1. The summed E-state index contributed by atoms with van der Waals surface area (Å²) in [5.74, 6) is -1.41. The van der Waals surface area contributed by atoms with Crippen molar-refractivity contribution in [3.05, 3.63) is 95.8 Å². The van der Waals surface area contributed by atoms with Crippen molar-refractivity contribution in [3.63, 3.8) is 0 Å². The molecule has 0 aliphatic carbocycles. The van der Waals surface area contributed by atoms with E-state index in [2.05, 4.69) is 5.32 Å². The van der Waals surface area contributed by atoms with Crippen molar-refractivity contribution in [2.24, 2.45) is 0 Å². The van der Waals surface area contributed by atoms with Crippen molar-refractivity contribution >= 4 is 27.5 Å². The fourth-order valence-corrected chi connectivity index (χ4v) is 5.15. The van der Waals surface area contributed by atoms with Crippen LogP contribution in [0.25, 0.3) is 0 Å². The lowest BCUT2D eigenvalue weighted by atomic mass is 10.1. The van der Waals surface area contributed by atoms with Crippen LogP contribution in [0.15, 0.2) is 83.8 Å². The van der Waals surface area contributed by atoms with E-state index in [1.165, 1.54) is 48.3 Å². The molecule has 0 fully saturated rings. The molecule has 0 heterocycles. The maximum atomic E-state index is 13.6. The van der Waals surface area contributed by atoms with Gasteiger partial charge in [0.05, 0.1) is 10.6 Å². The van der Waals surface area contributed by atoms with Gasteiger partial charge < -0.3 is 10.2 Å². The second-order valence-electron chi connectivity index (χ2n) is 8.05. The highest BCUT2D eigenvalue weighted by Crippen LogP contribution is 2.27. The third kappa shape index (κ3) is 6.05. The second-order valence-corrected chi connectivity index (χ2v) is 9.91. The molecule has 0 aromatic heterocycles. The normalized spacial score (nSPS) is 12.0. The van der Waals surface area contributed by atoms with E-state index in [1.54, 1.807) is 56.3 Å². The Labute approximate surface area is 205 Å². The number of amides is 2. The first-order valence-corrected chi connectivity index (χ1v) is 12.5. The van der Waals surface area contributed by atoms with Crippen LogP contribution in [0.1, 0.15) is 18.1 Å². The Kier molecular flexibility index (Phi) is 8.24. The smallest absolute Gasteiger partial charge is 0.264 e. The van der Waals surface area contributed by atoms with Crippen LogP contribution in [0.4, 0.5) is 10.1 Å². The number of nitrogens with zero attached hydrogens (tertiary/aromatic N) is 2. The van der Waals surface area contributed by atoms with Gasteiger partial charge in [0.1, 0.15) is 18.4 Å². The lowest BCUT2D eigenvalue weighted by Gasteiger charge is -2.32. The molecule has 35 heavy (non-hydrogen) atoms. The number of halogens is 1. The van der Waals surface area contributed by atoms with Crippen molar-refractivity contribution < 1.29 is 22.4 Å². The van der Waals surface area contributed by atoms with E-state index in [0.717, 1.165) is 4.31 Å². The molecule has 3 aromatic carbocycles. The molecule has 2 amide bonds. The van der Waals surface area contributed by atoms with Crippen molar-refractivity contribution in [2.75, 3.05) is 17.9 Å². The number of hydrogen-bond acceptors (Lipinski definition) is 4. The molecule has 0 saturated heterocycles. The van der Waals surface area contributed by atoms with Gasteiger partial charge in [-0.15, -0.1) is 0 Å². The molecular formula is C26H28FN3O4S. The van der Waals surface area contributed by atoms with E-state index in [0.29, 0.717) is 16.8 Å². The van der Waals surface area contributed by atoms with Crippen molar-refractivity contribution in [2.45, 2.75) is 31.3 Å². The first-order valence-electron chi connectivity index (χ1n) is 11.0. The molecule has 7 nitrogen and oxygen atoms in total. The monoisotopic (exact) mass is 497 g/mol. The Morgan fingerprint density at radius 3 is 2.14 bits per heavy atom. The molecule has 0 saturated carbocycles. The predicted molar refractivity (Wildman–Crippen MR) is 133 cm³/mol. The van der Waals surface area contributed by atoms with E-state index in [9.17, 15) is 22.4 Å². The van der Waals surface area contributed by atoms with Gasteiger partial charge in [-0.3, -0.25) is 13.9 Å². The van der Waals surface area contributed by atoms with Crippen LogP contribution in [0.2, 0.25) is 0 Å². The van der Waals surface area contributed by atoms with E-state index < -0.39 is 40.2 Å². The van der Waals surface area contributed by atoms with Gasteiger partial charge in [0.2, 0.25) is 11.8 Å². The Balaban J connectivity index is 2.03. The molecule has 0 spiro atoms. The Hall–Kier alpha value is -3.72. The second kappa shape index (κ2) is 11.1. The van der Waals surface area contributed by atoms with Gasteiger partial charge in [-0.1, -0.05) is 48.5 Å². The van der Waals surface area contributed by atoms with E-state index >= 15 is 0 Å². The fourth-order valence-electron chi connectivity index (χ4n) is 3.65. The van der Waals surface area contributed by atoms with Crippen molar-refractivity contribution in [3.8, 4) is 0 Å². The van der Waals surface area contributed by atoms with Crippen LogP contribution in [0.5, 0.6) is 0 Å². The summed E-state index contributed by atoms with van der Waals surface area (Å²) < 4.78 is 41.7. The summed E-state index contributed by atoms with van der Waals surface area (Å²) in [5, 5.41) is 2.52. The number of benzene rings is 3. The quantitative estimate of drug-likeness (QED) is 0.490. The highest BCUT2D eigenvalue weighted by molar-refractivity contribution is 7.92. The molecule has 0 aliphatic rings. The van der Waals surface area contributed by atoms with Gasteiger partial charge >= 0.3 is 0 Å². The SMILES string of the molecule is CNC(=O)[C@@H](C)N(Cc1ccc(F)cc1)C(=O)CN(c1ccccc1C)S(=O)(=O)c1ccccc1. The van der Waals surface area contributed by atoms with Gasteiger partial charge in [0, 0.05) is 13.6 Å². The minimum Gasteiger partial charge on any atom is -0.357 e. The van der Waals surface area contributed by atoms with E-state index in [-0.39, 0.29) is 11.4 Å². The number of hydrogen-bond donors (Lipinski definition) is 1. The largest absolute Gasteiger partial charge is 0.357 e. The lowest BCUT2D eigenvalue weighted by Crippen LogP contribution is -2.50. The van der Waals surface area contributed by atoms with Crippen LogP contribution in [0.3, 0.4) is 0 Å². The van der Waals surface area contributed by atoms with Crippen LogP contribution in [-0.4, -0.2) is 44.8 Å². The van der Waals surface area contributed by atoms with E-state index in [1.807, 2.05) is 0 Å². The average molecular weight is 498 g/mol. The van der Waals surface area contributed by atoms with Gasteiger partial charge in [-0.2, -0.15) is 0 Å². The minimum absolute atomic E-state index is 0.000691. The zero-order chi connectivity index (χ0) is 25.6. The zero-order valence-electron chi connectivity index (χ0n) is 19.8. The van der Waals surface area contributed by atoms with Crippen LogP contribution in [0, 0.1) is 12.7 Å². The molecule has 1 atom stereocenters. The summed E-state index contributed by atoms with van der Waals surface area (Å²) in [6, 6.07) is 19.4. The predicted octanol–water partition coefficient (Wildman–Crippen LogP) is 3.49. The molecule has 0 unspecified atom stereocenters. The first-order chi connectivity index (χ1) is 16.6. The molecule has 0 radical (unpaired) electrons. The highest BCUT2D eigenvalue weighted by Gasteiger charge is 2.32. The number of likely N-dealkylation sites (N-methyl/N-ethyl adjacent to an activating group) is 1. The van der Waals surface area contributed by atoms with Gasteiger partial charge in [-0.25, -0.2) is 12.8 Å². The number of rotatable bonds is 9. The molecule has 0 aliphatic heterocycles. The fraction of sp³-hybridized carbons (Fsp3) is 0.231. The van der Waals surface area contributed by atoms with E-state index in [4.69, 9.17) is 0 Å². The summed E-state index contributed by atoms with van der Waals surface area (Å²) in [6.07, 6.45) is 0. The first kappa shape index (κ1) is 25.9. The number of carbonyl (C=O) groups excluding carboxylic acids is 2. The maximum absolute atomic E-state index is 13.6. The van der Waals surface area contributed by atoms with Gasteiger partial charge in [-0.05, 0) is 55.3 Å². The molecule has 3 rings (SSSR count). The van der Waals surface area contributed by atoms with Gasteiger partial charge in [0.15, 0.2) is 0 Å². The van der Waals surface area contributed by atoms with Gasteiger partial charge in [0.25, 0.3) is 10.0 Å². The summed E-state index contributed by atoms with van der Waals surface area (Å²) in [4.78, 5) is 27.4. The van der Waals surface area contributed by atoms with Crippen LogP contribution >= 0.6 is 0 Å². The molecular weight excluding hydrogens is 469 g/mol.